The Hall–Kier alpha value is 0.300. The van der Waals surface area contributed by atoms with Gasteiger partial charge in [0.1, 0.15) is 0 Å². The van der Waals surface area contributed by atoms with E-state index in [1.165, 1.54) is 19.3 Å². The molecule has 0 spiro atoms. The Labute approximate surface area is 105 Å². The van der Waals surface area contributed by atoms with Crippen molar-refractivity contribution in [3.05, 3.63) is 0 Å². The van der Waals surface area contributed by atoms with Gasteiger partial charge >= 0.3 is 0 Å². The summed E-state index contributed by atoms with van der Waals surface area (Å²) in [5.74, 6) is 1.32. The van der Waals surface area contributed by atoms with Crippen molar-refractivity contribution in [2.45, 2.75) is 38.1 Å². The van der Waals surface area contributed by atoms with Crippen molar-refractivity contribution in [3.8, 4) is 0 Å². The van der Waals surface area contributed by atoms with Gasteiger partial charge in [-0.15, -0.1) is 0 Å². The van der Waals surface area contributed by atoms with Crippen LogP contribution in [-0.4, -0.2) is 40.7 Å². The second-order valence-electron chi connectivity index (χ2n) is 3.96. The minimum absolute atomic E-state index is 0.362. The molecule has 0 aromatic rings. The second kappa shape index (κ2) is 7.55. The molecule has 2 nitrogen and oxygen atoms in total. The van der Waals surface area contributed by atoms with Gasteiger partial charge in [-0.3, -0.25) is 4.79 Å². The summed E-state index contributed by atoms with van der Waals surface area (Å²) in [7, 11) is 0. The van der Waals surface area contributed by atoms with Crippen molar-refractivity contribution in [3.63, 3.8) is 0 Å². The van der Waals surface area contributed by atoms with Crippen molar-refractivity contribution in [2.75, 3.05) is 23.9 Å². The highest BCUT2D eigenvalue weighted by atomic mass is 79.9. The van der Waals surface area contributed by atoms with Gasteiger partial charge in [0, 0.05) is 30.1 Å². The van der Waals surface area contributed by atoms with Gasteiger partial charge < -0.3 is 4.90 Å². The van der Waals surface area contributed by atoms with E-state index in [1.54, 1.807) is 11.8 Å². The summed E-state index contributed by atoms with van der Waals surface area (Å²) in [6.45, 7) is 0.986. The molecule has 1 atom stereocenters. The molecule has 0 aliphatic carbocycles. The minimum atomic E-state index is 0.362. The van der Waals surface area contributed by atoms with Crippen molar-refractivity contribution in [1.82, 2.24) is 4.90 Å². The summed E-state index contributed by atoms with van der Waals surface area (Å²) in [5.41, 5.74) is 0. The predicted molar refractivity (Wildman–Crippen MR) is 70.8 cm³/mol. The van der Waals surface area contributed by atoms with Gasteiger partial charge in [0.2, 0.25) is 5.91 Å². The lowest BCUT2D eigenvalue weighted by atomic mass is 10.1. The average Bonchev–Trinajstić information content (AvgIpc) is 2.71. The number of hydrogen-bond acceptors (Lipinski definition) is 2. The van der Waals surface area contributed by atoms with Crippen LogP contribution < -0.4 is 0 Å². The third-order valence-electron chi connectivity index (χ3n) is 2.89. The molecule has 1 heterocycles. The zero-order valence-corrected chi connectivity index (χ0v) is 11.8. The Bertz CT molecular complexity index is 201. The van der Waals surface area contributed by atoms with Crippen LogP contribution in [0.15, 0.2) is 0 Å². The van der Waals surface area contributed by atoms with Crippen LogP contribution in [0.3, 0.4) is 0 Å². The molecule has 0 N–H and O–H groups in total. The van der Waals surface area contributed by atoms with Crippen LogP contribution in [0.25, 0.3) is 0 Å². The first-order valence-corrected chi connectivity index (χ1v) is 8.15. The number of amides is 1. The lowest BCUT2D eigenvalue weighted by Crippen LogP contribution is -2.35. The van der Waals surface area contributed by atoms with E-state index in [-0.39, 0.29) is 0 Å². The maximum Gasteiger partial charge on any atom is 0.223 e. The van der Waals surface area contributed by atoms with Gasteiger partial charge in [-0.05, 0) is 31.9 Å². The fraction of sp³-hybridized carbons (Fsp3) is 0.909. The average molecular weight is 294 g/mol. The maximum atomic E-state index is 11.9. The summed E-state index contributed by atoms with van der Waals surface area (Å²) in [5, 5.41) is 1.05. The number of likely N-dealkylation sites (tertiary alicyclic amines) is 1. The van der Waals surface area contributed by atoms with Gasteiger partial charge in [0.25, 0.3) is 0 Å². The molecule has 15 heavy (non-hydrogen) atoms. The Morgan fingerprint density at radius 3 is 3.07 bits per heavy atom. The Morgan fingerprint density at radius 2 is 2.40 bits per heavy atom. The fourth-order valence-corrected chi connectivity index (χ4v) is 2.81. The number of alkyl halides is 1. The van der Waals surface area contributed by atoms with Crippen molar-refractivity contribution in [2.24, 2.45) is 0 Å². The third kappa shape index (κ3) is 4.35. The Kier molecular flexibility index (Phi) is 6.73. The number of rotatable bonds is 6. The number of halogens is 1. The highest BCUT2D eigenvalue weighted by Crippen LogP contribution is 2.22. The van der Waals surface area contributed by atoms with Gasteiger partial charge in [-0.2, -0.15) is 11.8 Å². The topological polar surface area (TPSA) is 20.3 Å². The number of carbonyl (C=O) groups is 1. The molecule has 1 rings (SSSR count). The summed E-state index contributed by atoms with van der Waals surface area (Å²) in [4.78, 5) is 14.0. The first-order chi connectivity index (χ1) is 7.29. The van der Waals surface area contributed by atoms with Crippen LogP contribution in [0.4, 0.5) is 0 Å². The number of carbonyl (C=O) groups excluding carboxylic acids is 1. The summed E-state index contributed by atoms with van der Waals surface area (Å²) in [6, 6.07) is 0.525. The molecule has 0 bridgehead atoms. The molecule has 88 valence electrons. The minimum Gasteiger partial charge on any atom is -0.340 e. The molecule has 0 aromatic carbocycles. The smallest absolute Gasteiger partial charge is 0.223 e. The molecule has 1 aliphatic heterocycles. The van der Waals surface area contributed by atoms with E-state index in [0.717, 1.165) is 24.0 Å². The lowest BCUT2D eigenvalue weighted by Gasteiger charge is -2.24. The predicted octanol–water partition coefficient (Wildman–Crippen LogP) is 2.91. The van der Waals surface area contributed by atoms with E-state index in [2.05, 4.69) is 27.1 Å². The van der Waals surface area contributed by atoms with Crippen LogP contribution >= 0.6 is 27.7 Å². The van der Waals surface area contributed by atoms with E-state index >= 15 is 0 Å². The largest absolute Gasteiger partial charge is 0.340 e. The van der Waals surface area contributed by atoms with E-state index in [9.17, 15) is 4.79 Å². The molecule has 1 fully saturated rings. The highest BCUT2D eigenvalue weighted by molar-refractivity contribution is 9.09. The molecule has 0 radical (unpaired) electrons. The summed E-state index contributed by atoms with van der Waals surface area (Å²) < 4.78 is 0. The number of thioether (sulfide) groups is 1. The molecule has 4 heteroatoms. The van der Waals surface area contributed by atoms with E-state index in [4.69, 9.17) is 0 Å². The zero-order valence-electron chi connectivity index (χ0n) is 9.38. The maximum absolute atomic E-state index is 11.9. The highest BCUT2D eigenvalue weighted by Gasteiger charge is 2.27. The van der Waals surface area contributed by atoms with Gasteiger partial charge in [0.05, 0.1) is 0 Å². The van der Waals surface area contributed by atoms with Gasteiger partial charge in [-0.1, -0.05) is 15.9 Å². The van der Waals surface area contributed by atoms with Crippen LogP contribution in [0.1, 0.15) is 32.1 Å². The molecular weight excluding hydrogens is 274 g/mol. The molecule has 1 unspecified atom stereocenters. The van der Waals surface area contributed by atoms with Crippen molar-refractivity contribution in [1.29, 1.82) is 0 Å². The van der Waals surface area contributed by atoms with Crippen molar-refractivity contribution >= 4 is 33.6 Å². The van der Waals surface area contributed by atoms with E-state index in [0.29, 0.717) is 18.4 Å². The Morgan fingerprint density at radius 1 is 1.60 bits per heavy atom. The standard InChI is InChI=1S/C11H20BrNOS/c1-15-9-6-11(14)13-8-3-5-10(13)4-2-7-12/h10H,2-9H2,1H3. The van der Waals surface area contributed by atoms with Gasteiger partial charge in [0.15, 0.2) is 0 Å². The lowest BCUT2D eigenvalue weighted by molar-refractivity contribution is -0.131. The van der Waals surface area contributed by atoms with Crippen LogP contribution in [0.5, 0.6) is 0 Å². The molecule has 0 aromatic heterocycles. The normalized spacial score (nSPS) is 20.9. The van der Waals surface area contributed by atoms with E-state index in [1.807, 2.05) is 0 Å². The SMILES string of the molecule is CSCCC(=O)N1CCCC1CCCBr. The molecule has 1 amide bonds. The molecule has 1 aliphatic rings. The molecule has 0 saturated carbocycles. The van der Waals surface area contributed by atoms with Crippen LogP contribution in [0, 0.1) is 0 Å². The summed E-state index contributed by atoms with van der Waals surface area (Å²) in [6.07, 6.45) is 7.51. The quantitative estimate of drug-likeness (QED) is 0.702. The zero-order chi connectivity index (χ0) is 11.1. The fourth-order valence-electron chi connectivity index (χ4n) is 2.11. The number of hydrogen-bond donors (Lipinski definition) is 0. The Balaban J connectivity index is 2.34. The van der Waals surface area contributed by atoms with Crippen LogP contribution in [0.2, 0.25) is 0 Å². The van der Waals surface area contributed by atoms with Crippen molar-refractivity contribution < 1.29 is 4.79 Å². The first kappa shape index (κ1) is 13.4. The second-order valence-corrected chi connectivity index (χ2v) is 5.74. The van der Waals surface area contributed by atoms with Crippen LogP contribution in [-0.2, 0) is 4.79 Å². The van der Waals surface area contributed by atoms with Gasteiger partial charge in [-0.25, -0.2) is 0 Å². The monoisotopic (exact) mass is 293 g/mol. The molecular formula is C11H20BrNOS. The van der Waals surface area contributed by atoms with E-state index < -0.39 is 0 Å². The number of nitrogens with zero attached hydrogens (tertiary/aromatic N) is 1. The molecule has 1 saturated heterocycles. The summed E-state index contributed by atoms with van der Waals surface area (Å²) >= 11 is 5.20. The first-order valence-electron chi connectivity index (χ1n) is 5.64. The third-order valence-corrected chi connectivity index (χ3v) is 4.06.